The van der Waals surface area contributed by atoms with Crippen molar-refractivity contribution in [1.82, 2.24) is 34.4 Å². The number of hydrogen-bond donors (Lipinski definition) is 0. The van der Waals surface area contributed by atoms with E-state index >= 15 is 4.39 Å². The number of hydrogen-bond acceptors (Lipinski definition) is 7. The lowest BCUT2D eigenvalue weighted by Crippen LogP contribution is -2.35. The summed E-state index contributed by atoms with van der Waals surface area (Å²) in [7, 11) is 0. The van der Waals surface area contributed by atoms with Crippen LogP contribution >= 0.6 is 0 Å². The molecule has 0 aromatic carbocycles. The molecular weight excluding hydrogens is 464 g/mol. The molecule has 36 heavy (non-hydrogen) atoms. The normalized spacial score (nSPS) is 15.6. The SMILES string of the molecule is CCOc1nc(C)c2nc(-c3cncc(F)c3)n(Cc3cnc(C4=CN5CCC4CC5)c(F)c3)c2n1. The van der Waals surface area contributed by atoms with Crippen LogP contribution < -0.4 is 4.74 Å². The van der Waals surface area contributed by atoms with Crippen molar-refractivity contribution in [3.05, 3.63) is 65.5 Å². The summed E-state index contributed by atoms with van der Waals surface area (Å²) in [5, 5.41) is 0. The third-order valence-corrected chi connectivity index (χ3v) is 6.79. The Morgan fingerprint density at radius 3 is 2.58 bits per heavy atom. The number of ether oxygens (including phenoxy) is 1. The van der Waals surface area contributed by atoms with E-state index in [9.17, 15) is 4.39 Å². The molecule has 4 aromatic rings. The van der Waals surface area contributed by atoms with Crippen molar-refractivity contribution in [3.63, 3.8) is 0 Å². The maximum absolute atomic E-state index is 15.4. The first-order valence-electron chi connectivity index (χ1n) is 12.1. The molecule has 3 aliphatic heterocycles. The molecule has 0 N–H and O–H groups in total. The molecule has 0 saturated carbocycles. The van der Waals surface area contributed by atoms with Crippen molar-refractivity contribution < 1.29 is 13.5 Å². The summed E-state index contributed by atoms with van der Waals surface area (Å²) in [6.07, 6.45) is 8.47. The van der Waals surface area contributed by atoms with E-state index in [0.717, 1.165) is 37.7 Å². The van der Waals surface area contributed by atoms with Gasteiger partial charge < -0.3 is 14.2 Å². The molecule has 1 fully saturated rings. The van der Waals surface area contributed by atoms with Gasteiger partial charge in [-0.1, -0.05) is 0 Å². The number of rotatable bonds is 6. The molecule has 0 atom stereocenters. The zero-order chi connectivity index (χ0) is 24.8. The zero-order valence-corrected chi connectivity index (χ0v) is 20.1. The maximum Gasteiger partial charge on any atom is 0.318 e. The van der Waals surface area contributed by atoms with Gasteiger partial charge in [0.25, 0.3) is 0 Å². The van der Waals surface area contributed by atoms with Crippen LogP contribution in [0.4, 0.5) is 8.78 Å². The van der Waals surface area contributed by atoms with E-state index in [0.29, 0.717) is 52.0 Å². The Balaban J connectivity index is 1.44. The summed E-state index contributed by atoms with van der Waals surface area (Å²) in [6.45, 7) is 6.34. The molecule has 4 aromatic heterocycles. The van der Waals surface area contributed by atoms with Crippen LogP contribution in [-0.4, -0.2) is 54.1 Å². The summed E-state index contributed by atoms with van der Waals surface area (Å²) < 4.78 is 36.7. The van der Waals surface area contributed by atoms with Gasteiger partial charge in [-0.15, -0.1) is 0 Å². The van der Waals surface area contributed by atoms with E-state index in [-0.39, 0.29) is 18.4 Å². The van der Waals surface area contributed by atoms with Gasteiger partial charge in [0, 0.05) is 37.2 Å². The van der Waals surface area contributed by atoms with E-state index in [2.05, 4.69) is 31.0 Å². The van der Waals surface area contributed by atoms with Crippen molar-refractivity contribution in [2.75, 3.05) is 19.7 Å². The van der Waals surface area contributed by atoms with Crippen LogP contribution in [0.5, 0.6) is 6.01 Å². The number of aryl methyl sites for hydroxylation is 1. The first-order valence-corrected chi connectivity index (χ1v) is 12.1. The quantitative estimate of drug-likeness (QED) is 0.397. The van der Waals surface area contributed by atoms with Crippen LogP contribution in [0.2, 0.25) is 0 Å². The number of nitrogens with zero attached hydrogens (tertiary/aromatic N) is 7. The number of allylic oxidation sites excluding steroid dienone is 1. The van der Waals surface area contributed by atoms with Gasteiger partial charge >= 0.3 is 6.01 Å². The molecule has 8 nitrogen and oxygen atoms in total. The second-order valence-electron chi connectivity index (χ2n) is 9.18. The second kappa shape index (κ2) is 8.92. The number of pyridine rings is 2. The minimum atomic E-state index is -0.480. The van der Waals surface area contributed by atoms with E-state index in [4.69, 9.17) is 9.72 Å². The highest BCUT2D eigenvalue weighted by molar-refractivity contribution is 5.79. The molecule has 0 radical (unpaired) electrons. The smallest absolute Gasteiger partial charge is 0.318 e. The molecule has 7 heterocycles. The molecule has 2 bridgehead atoms. The highest BCUT2D eigenvalue weighted by Gasteiger charge is 2.30. The van der Waals surface area contributed by atoms with Crippen LogP contribution in [0.25, 0.3) is 28.1 Å². The van der Waals surface area contributed by atoms with Crippen molar-refractivity contribution in [1.29, 1.82) is 0 Å². The predicted molar refractivity (Wildman–Crippen MR) is 130 cm³/mol. The fourth-order valence-electron chi connectivity index (χ4n) is 5.07. The summed E-state index contributed by atoms with van der Waals surface area (Å²) in [4.78, 5) is 24.4. The minimum Gasteiger partial charge on any atom is -0.464 e. The molecule has 0 amide bonds. The first-order chi connectivity index (χ1) is 17.5. The Morgan fingerprint density at radius 1 is 1.06 bits per heavy atom. The Morgan fingerprint density at radius 2 is 1.89 bits per heavy atom. The average Bonchev–Trinajstić information content (AvgIpc) is 3.24. The third kappa shape index (κ3) is 3.96. The Hall–Kier alpha value is -3.95. The fraction of sp³-hybridized carbons (Fsp3) is 0.346. The lowest BCUT2D eigenvalue weighted by molar-refractivity contribution is 0.251. The molecule has 0 unspecified atom stereocenters. The Labute approximate surface area is 206 Å². The van der Waals surface area contributed by atoms with Crippen molar-refractivity contribution in [3.8, 4) is 17.4 Å². The van der Waals surface area contributed by atoms with Crippen molar-refractivity contribution in [2.45, 2.75) is 33.2 Å². The molecule has 7 rings (SSSR count). The number of aromatic nitrogens is 6. The lowest BCUT2D eigenvalue weighted by Gasteiger charge is -2.38. The molecule has 3 aliphatic rings. The van der Waals surface area contributed by atoms with Gasteiger partial charge in [-0.3, -0.25) is 9.97 Å². The number of halogens is 2. The van der Waals surface area contributed by atoms with Crippen LogP contribution in [-0.2, 0) is 6.54 Å². The Kier molecular flexibility index (Phi) is 5.58. The molecule has 1 saturated heterocycles. The summed E-state index contributed by atoms with van der Waals surface area (Å²) >= 11 is 0. The van der Waals surface area contributed by atoms with Crippen molar-refractivity contribution in [2.24, 2.45) is 5.92 Å². The van der Waals surface area contributed by atoms with Gasteiger partial charge in [0.15, 0.2) is 5.65 Å². The van der Waals surface area contributed by atoms with Gasteiger partial charge in [0.2, 0.25) is 0 Å². The van der Waals surface area contributed by atoms with Crippen LogP contribution in [0.3, 0.4) is 0 Å². The molecule has 0 aliphatic carbocycles. The average molecular weight is 490 g/mol. The molecule has 0 spiro atoms. The van der Waals surface area contributed by atoms with Gasteiger partial charge in [-0.05, 0) is 55.9 Å². The van der Waals surface area contributed by atoms with E-state index in [1.54, 1.807) is 10.8 Å². The van der Waals surface area contributed by atoms with Crippen LogP contribution in [0.1, 0.15) is 36.7 Å². The van der Waals surface area contributed by atoms with E-state index in [1.807, 2.05) is 13.8 Å². The van der Waals surface area contributed by atoms with E-state index < -0.39 is 5.82 Å². The summed E-state index contributed by atoms with van der Waals surface area (Å²) in [5.74, 6) is -0.0321. The lowest BCUT2D eigenvalue weighted by atomic mass is 9.84. The van der Waals surface area contributed by atoms with E-state index in [1.165, 1.54) is 18.3 Å². The standard InChI is InChI=1S/C26H25F2N7O/c1-3-36-26-31-15(2)22-25(33-26)35(24(32-22)18-9-19(27)12-29-11-18)13-16-8-21(28)23(30-10-16)20-14-34-6-4-17(20)5-7-34/h8-12,14,17H,3-7,13H2,1-2H3. The molecular formula is C26H25F2N7O. The third-order valence-electron chi connectivity index (χ3n) is 6.79. The largest absolute Gasteiger partial charge is 0.464 e. The van der Waals surface area contributed by atoms with Crippen LogP contribution in [0.15, 0.2) is 36.9 Å². The fourth-order valence-corrected chi connectivity index (χ4v) is 5.07. The van der Waals surface area contributed by atoms with Gasteiger partial charge in [0.05, 0.1) is 25.0 Å². The Bertz CT molecular complexity index is 1490. The minimum absolute atomic E-state index is 0.224. The maximum atomic E-state index is 15.4. The van der Waals surface area contributed by atoms with Crippen molar-refractivity contribution >= 4 is 16.7 Å². The summed E-state index contributed by atoms with van der Waals surface area (Å²) in [6, 6.07) is 3.10. The number of fused-ring (bicyclic) bond motifs is 3. The monoisotopic (exact) mass is 489 g/mol. The number of imidazole rings is 1. The zero-order valence-electron chi connectivity index (χ0n) is 20.1. The van der Waals surface area contributed by atoms with Gasteiger partial charge in [-0.25, -0.2) is 13.8 Å². The first kappa shape index (κ1) is 22.5. The number of piperidine rings is 1. The highest BCUT2D eigenvalue weighted by Crippen LogP contribution is 2.37. The highest BCUT2D eigenvalue weighted by atomic mass is 19.1. The predicted octanol–water partition coefficient (Wildman–Crippen LogP) is 4.38. The second-order valence-corrected chi connectivity index (χ2v) is 9.18. The molecule has 184 valence electrons. The molecule has 10 heteroatoms. The summed E-state index contributed by atoms with van der Waals surface area (Å²) in [5.41, 5.74) is 4.19. The van der Waals surface area contributed by atoms with Gasteiger partial charge in [0.1, 0.15) is 28.7 Å². The van der Waals surface area contributed by atoms with Gasteiger partial charge in [-0.2, -0.15) is 9.97 Å². The topological polar surface area (TPSA) is 81.8 Å². The van der Waals surface area contributed by atoms with Crippen LogP contribution in [0, 0.1) is 24.5 Å².